The van der Waals surface area contributed by atoms with Gasteiger partial charge in [-0.05, 0) is 30.9 Å². The van der Waals surface area contributed by atoms with Gasteiger partial charge in [0.2, 0.25) is 17.7 Å². The molecule has 6 rings (SSSR count). The number of hydrogen-bond donors (Lipinski definition) is 5. The summed E-state index contributed by atoms with van der Waals surface area (Å²) >= 11 is 0. The van der Waals surface area contributed by atoms with E-state index in [0.717, 1.165) is 29.8 Å². The maximum Gasteiger partial charge on any atom is 0.290 e. The quantitative estimate of drug-likeness (QED) is 0.177. The lowest BCUT2D eigenvalue weighted by molar-refractivity contribution is -0.132. The number of hydrogen-bond acceptors (Lipinski definition) is 9. The largest absolute Gasteiger partial charge is 0.483 e. The van der Waals surface area contributed by atoms with Gasteiger partial charge in [-0.3, -0.25) is 28.9 Å². The first kappa shape index (κ1) is 36.5. The summed E-state index contributed by atoms with van der Waals surface area (Å²) in [7, 11) is 0. The number of aromatic nitrogens is 3. The molecule has 5 N–H and O–H groups in total. The molecule has 1 aliphatic carbocycles. The Labute approximate surface area is 294 Å². The second-order valence-electron chi connectivity index (χ2n) is 12.5. The van der Waals surface area contributed by atoms with Gasteiger partial charge in [0.05, 0.1) is 13.1 Å². The van der Waals surface area contributed by atoms with Crippen LogP contribution in [0.15, 0.2) is 83.6 Å². The van der Waals surface area contributed by atoms with Crippen LogP contribution in [0, 0.1) is 0 Å². The molecule has 4 aromatic rings. The first-order valence-corrected chi connectivity index (χ1v) is 16.8. The molecule has 0 radical (unpaired) electrons. The van der Waals surface area contributed by atoms with E-state index in [9.17, 15) is 19.2 Å². The molecular formula is C36H42N8O7. The van der Waals surface area contributed by atoms with Crippen LogP contribution in [0.25, 0.3) is 0 Å². The summed E-state index contributed by atoms with van der Waals surface area (Å²) in [5.74, 6) is -0.666. The van der Waals surface area contributed by atoms with E-state index < -0.39 is 35.8 Å². The van der Waals surface area contributed by atoms with Crippen molar-refractivity contribution < 1.29 is 33.6 Å². The van der Waals surface area contributed by atoms with Crippen LogP contribution in [-0.4, -0.2) is 86.0 Å². The summed E-state index contributed by atoms with van der Waals surface area (Å²) in [5.41, 5.74) is 1.72. The molecule has 51 heavy (non-hydrogen) atoms. The molecule has 1 fully saturated rings. The third kappa shape index (κ3) is 10.6. The molecule has 2 bridgehead atoms. The molecule has 3 heterocycles. The second kappa shape index (κ2) is 17.7. The van der Waals surface area contributed by atoms with Crippen molar-refractivity contribution in [2.75, 3.05) is 13.1 Å². The van der Waals surface area contributed by atoms with Crippen LogP contribution in [0.5, 0.6) is 0 Å². The van der Waals surface area contributed by atoms with Gasteiger partial charge in [-0.15, -0.1) is 0 Å². The van der Waals surface area contributed by atoms with Crippen LogP contribution in [0.1, 0.15) is 59.0 Å². The van der Waals surface area contributed by atoms with Crippen molar-refractivity contribution in [3.63, 3.8) is 0 Å². The second-order valence-corrected chi connectivity index (χ2v) is 12.5. The normalized spacial score (nSPS) is 20.7. The number of carbonyl (C=O) groups is 5. The van der Waals surface area contributed by atoms with Crippen molar-refractivity contribution in [2.24, 2.45) is 0 Å². The number of benzene rings is 2. The molecule has 3 atom stereocenters. The number of imidazole rings is 1. The highest BCUT2D eigenvalue weighted by molar-refractivity contribution is 5.97. The van der Waals surface area contributed by atoms with Crippen LogP contribution >= 0.6 is 0 Å². The van der Waals surface area contributed by atoms with Gasteiger partial charge in [-0.2, -0.15) is 0 Å². The molecule has 1 aliphatic heterocycles. The minimum Gasteiger partial charge on any atom is -0.483 e. The number of rotatable bonds is 7. The van der Waals surface area contributed by atoms with Gasteiger partial charge in [-0.25, -0.2) is 4.98 Å². The first-order valence-electron chi connectivity index (χ1n) is 16.8. The Balaban J connectivity index is 0.00000162. The fraction of sp³-hybridized carbons (Fsp3) is 0.361. The maximum absolute atomic E-state index is 13.8. The summed E-state index contributed by atoms with van der Waals surface area (Å²) in [6.45, 7) is 2.76. The van der Waals surface area contributed by atoms with E-state index in [2.05, 4.69) is 40.9 Å². The molecule has 0 unspecified atom stereocenters. The van der Waals surface area contributed by atoms with Crippen molar-refractivity contribution in [3.05, 3.63) is 108 Å². The summed E-state index contributed by atoms with van der Waals surface area (Å²) in [6, 6.07) is 17.8. The molecule has 0 spiro atoms. The highest BCUT2D eigenvalue weighted by Crippen LogP contribution is 2.35. The van der Waals surface area contributed by atoms with Gasteiger partial charge in [0.15, 0.2) is 11.5 Å². The fourth-order valence-electron chi connectivity index (χ4n) is 5.76. The van der Waals surface area contributed by atoms with Crippen molar-refractivity contribution in [1.29, 1.82) is 0 Å². The van der Waals surface area contributed by atoms with Crippen LogP contribution < -0.4 is 21.3 Å². The van der Waals surface area contributed by atoms with Crippen LogP contribution in [-0.2, 0) is 45.1 Å². The van der Waals surface area contributed by atoms with E-state index in [1.807, 2.05) is 66.9 Å². The van der Waals surface area contributed by atoms with E-state index >= 15 is 0 Å². The molecule has 2 aromatic heterocycles. The summed E-state index contributed by atoms with van der Waals surface area (Å²) in [4.78, 5) is 69.0. The lowest BCUT2D eigenvalue weighted by Gasteiger charge is -2.25. The molecule has 1 saturated carbocycles. The molecule has 15 nitrogen and oxygen atoms in total. The Morgan fingerprint density at radius 1 is 0.882 bits per heavy atom. The highest BCUT2D eigenvalue weighted by atomic mass is 16.5. The zero-order valence-electron chi connectivity index (χ0n) is 28.2. The Morgan fingerprint density at radius 2 is 1.49 bits per heavy atom. The predicted molar refractivity (Wildman–Crippen MR) is 184 cm³/mol. The minimum atomic E-state index is -1.02. The lowest BCUT2D eigenvalue weighted by atomic mass is 10.0. The van der Waals surface area contributed by atoms with Crippen molar-refractivity contribution in [1.82, 2.24) is 40.9 Å². The van der Waals surface area contributed by atoms with E-state index in [-0.39, 0.29) is 37.5 Å². The van der Waals surface area contributed by atoms with Gasteiger partial charge >= 0.3 is 0 Å². The molecule has 15 heteroatoms. The number of nitrogens with one attached hydrogen (secondary N) is 4. The monoisotopic (exact) mass is 698 g/mol. The van der Waals surface area contributed by atoms with Crippen LogP contribution in [0.2, 0.25) is 0 Å². The molecule has 4 amide bonds. The number of amides is 4. The van der Waals surface area contributed by atoms with Gasteiger partial charge < -0.3 is 35.5 Å². The molecular weight excluding hydrogens is 656 g/mol. The van der Waals surface area contributed by atoms with E-state index in [1.54, 1.807) is 12.3 Å². The maximum atomic E-state index is 13.8. The summed E-state index contributed by atoms with van der Waals surface area (Å²) in [6.07, 6.45) is 6.41. The number of carboxylic acid groups (broad SMARTS) is 1. The van der Waals surface area contributed by atoms with E-state index in [1.165, 1.54) is 6.92 Å². The fourth-order valence-corrected chi connectivity index (χ4v) is 5.76. The van der Waals surface area contributed by atoms with Gasteiger partial charge in [0, 0.05) is 50.4 Å². The number of nitrogens with zero attached hydrogens (tertiary/aromatic N) is 4. The van der Waals surface area contributed by atoms with E-state index in [4.69, 9.17) is 14.4 Å². The standard InChI is InChI=1S/C35H40N8O5.CH2O2/c1-23-32(44)39-29(19-25-10-6-3-7-11-25)34(46)40-28(18-24-8-4-2-5-9-24)33(45)37-14-16-42(21-27-20-30(41-48-27)35(47)38-23)22-31-36-15-17-43(31)26-12-13-26;2-1-3/h2-11,15,17,20,23,26,28-29H,12-14,16,18-19,21-22H2,1H3,(H,37,45)(H,38,47)(H,39,44)(H,40,46);1H,(H,2,3)/t23-,28+,29-;/m0./s1. The Bertz CT molecular complexity index is 1770. The highest BCUT2D eigenvalue weighted by Gasteiger charge is 2.30. The molecule has 2 aromatic carbocycles. The molecule has 2 aliphatic rings. The summed E-state index contributed by atoms with van der Waals surface area (Å²) in [5, 5.41) is 22.2. The minimum absolute atomic E-state index is 0.0285. The Kier molecular flexibility index (Phi) is 12.7. The zero-order chi connectivity index (χ0) is 36.2. The van der Waals surface area contributed by atoms with Crippen molar-refractivity contribution in [2.45, 2.75) is 69.9 Å². The van der Waals surface area contributed by atoms with Crippen molar-refractivity contribution >= 4 is 30.1 Å². The molecule has 268 valence electrons. The third-order valence-corrected chi connectivity index (χ3v) is 8.52. The smallest absolute Gasteiger partial charge is 0.290 e. The Morgan fingerprint density at radius 3 is 2.12 bits per heavy atom. The van der Waals surface area contributed by atoms with Gasteiger partial charge in [0.25, 0.3) is 12.4 Å². The number of carbonyl (C=O) groups excluding carboxylic acids is 4. The zero-order valence-corrected chi connectivity index (χ0v) is 28.2. The third-order valence-electron chi connectivity index (χ3n) is 8.52. The van der Waals surface area contributed by atoms with E-state index in [0.29, 0.717) is 31.4 Å². The first-order chi connectivity index (χ1) is 24.7. The topological polar surface area (TPSA) is 201 Å². The Hall–Kier alpha value is -5.83. The van der Waals surface area contributed by atoms with Crippen molar-refractivity contribution in [3.8, 4) is 0 Å². The number of fused-ring (bicyclic) bond motifs is 2. The SMILES string of the molecule is C[C@@H]1NC(=O)c2cc(on2)CN(Cc2nccn2C2CC2)CCNC(=O)[C@@H](Cc2ccccc2)NC(=O)[C@H](Cc2ccccc2)NC1=O.O=CO. The van der Waals surface area contributed by atoms with Gasteiger partial charge in [0.1, 0.15) is 23.9 Å². The lowest BCUT2D eigenvalue weighted by Crippen LogP contribution is -2.57. The average molecular weight is 699 g/mol. The average Bonchev–Trinajstić information content (AvgIpc) is 3.67. The predicted octanol–water partition coefficient (Wildman–Crippen LogP) is 1.61. The summed E-state index contributed by atoms with van der Waals surface area (Å²) < 4.78 is 7.71. The van der Waals surface area contributed by atoms with Crippen LogP contribution in [0.3, 0.4) is 0 Å². The molecule has 0 saturated heterocycles. The van der Waals surface area contributed by atoms with Crippen LogP contribution in [0.4, 0.5) is 0 Å². The van der Waals surface area contributed by atoms with Gasteiger partial charge in [-0.1, -0.05) is 65.8 Å².